The maximum absolute atomic E-state index is 12.4. The molecule has 6 nitrogen and oxygen atoms in total. The number of hydrogen-bond donors (Lipinski definition) is 1. The molecule has 0 radical (unpaired) electrons. The van der Waals surface area contributed by atoms with Crippen molar-refractivity contribution in [3.8, 4) is 6.07 Å². The van der Waals surface area contributed by atoms with Gasteiger partial charge in [-0.2, -0.15) is 5.26 Å². The Morgan fingerprint density at radius 1 is 1.15 bits per heavy atom. The van der Waals surface area contributed by atoms with E-state index >= 15 is 0 Å². The van der Waals surface area contributed by atoms with Crippen LogP contribution in [0.4, 0.5) is 0 Å². The number of benzene rings is 2. The Hall–Kier alpha value is -3.17. The molecule has 0 bridgehead atoms. The molecule has 1 fully saturated rings. The van der Waals surface area contributed by atoms with Gasteiger partial charge in [0, 0.05) is 12.1 Å². The Morgan fingerprint density at radius 3 is 2.58 bits per heavy atom. The SMILES string of the molecule is N#Cc1ccc(C(=O)NCC(=O)N2CCOC(c3ccccc3)C2)cc1. The lowest BCUT2D eigenvalue weighted by atomic mass is 10.1. The summed E-state index contributed by atoms with van der Waals surface area (Å²) in [7, 11) is 0. The fourth-order valence-electron chi connectivity index (χ4n) is 2.81. The predicted octanol–water partition coefficient (Wildman–Crippen LogP) is 1.89. The molecule has 1 unspecified atom stereocenters. The number of carbonyl (C=O) groups is 2. The molecule has 1 heterocycles. The monoisotopic (exact) mass is 349 g/mol. The first-order chi connectivity index (χ1) is 12.7. The van der Waals surface area contributed by atoms with E-state index in [9.17, 15) is 9.59 Å². The smallest absolute Gasteiger partial charge is 0.251 e. The van der Waals surface area contributed by atoms with Crippen molar-refractivity contribution in [3.63, 3.8) is 0 Å². The molecule has 0 aliphatic carbocycles. The third-order valence-corrected chi connectivity index (χ3v) is 4.27. The van der Waals surface area contributed by atoms with Crippen molar-refractivity contribution in [2.24, 2.45) is 0 Å². The molecule has 1 N–H and O–H groups in total. The molecule has 26 heavy (non-hydrogen) atoms. The molecular weight excluding hydrogens is 330 g/mol. The number of amides is 2. The average molecular weight is 349 g/mol. The van der Waals surface area contributed by atoms with Crippen molar-refractivity contribution in [3.05, 3.63) is 71.3 Å². The molecule has 0 saturated carbocycles. The van der Waals surface area contributed by atoms with Crippen molar-refractivity contribution in [1.82, 2.24) is 10.2 Å². The third-order valence-electron chi connectivity index (χ3n) is 4.27. The van der Waals surface area contributed by atoms with Crippen LogP contribution in [0.25, 0.3) is 0 Å². The minimum Gasteiger partial charge on any atom is -0.370 e. The Bertz CT molecular complexity index is 812. The number of nitrogens with one attached hydrogen (secondary N) is 1. The molecule has 1 aliphatic rings. The Labute approximate surface area is 152 Å². The lowest BCUT2D eigenvalue weighted by Gasteiger charge is -2.33. The molecule has 6 heteroatoms. The zero-order valence-electron chi connectivity index (χ0n) is 14.2. The van der Waals surface area contributed by atoms with E-state index in [1.54, 1.807) is 29.2 Å². The number of nitriles is 1. The van der Waals surface area contributed by atoms with Crippen LogP contribution < -0.4 is 5.32 Å². The highest BCUT2D eigenvalue weighted by molar-refractivity contribution is 5.96. The van der Waals surface area contributed by atoms with Crippen LogP contribution in [0.2, 0.25) is 0 Å². The van der Waals surface area contributed by atoms with Crippen LogP contribution in [0, 0.1) is 11.3 Å². The summed E-state index contributed by atoms with van der Waals surface area (Å²) < 4.78 is 5.75. The van der Waals surface area contributed by atoms with Crippen molar-refractivity contribution in [1.29, 1.82) is 5.26 Å². The second kappa shape index (κ2) is 8.28. The van der Waals surface area contributed by atoms with Crippen molar-refractivity contribution in [2.75, 3.05) is 26.2 Å². The van der Waals surface area contributed by atoms with Gasteiger partial charge in [0.2, 0.25) is 5.91 Å². The van der Waals surface area contributed by atoms with Gasteiger partial charge in [0.25, 0.3) is 5.91 Å². The summed E-state index contributed by atoms with van der Waals surface area (Å²) in [6.07, 6.45) is -0.150. The van der Waals surface area contributed by atoms with E-state index in [1.165, 1.54) is 0 Å². The van der Waals surface area contributed by atoms with Crippen LogP contribution in [-0.4, -0.2) is 43.0 Å². The molecule has 0 spiro atoms. The summed E-state index contributed by atoms with van der Waals surface area (Å²) in [6, 6.07) is 18.1. The second-order valence-electron chi connectivity index (χ2n) is 5.98. The van der Waals surface area contributed by atoms with Crippen LogP contribution >= 0.6 is 0 Å². The van der Waals surface area contributed by atoms with Crippen molar-refractivity contribution < 1.29 is 14.3 Å². The van der Waals surface area contributed by atoms with Crippen LogP contribution in [0.3, 0.4) is 0 Å². The number of rotatable bonds is 4. The van der Waals surface area contributed by atoms with E-state index in [0.717, 1.165) is 5.56 Å². The van der Waals surface area contributed by atoms with Gasteiger partial charge in [-0.25, -0.2) is 0 Å². The highest BCUT2D eigenvalue weighted by atomic mass is 16.5. The third kappa shape index (κ3) is 4.26. The molecule has 3 rings (SSSR count). The molecule has 1 saturated heterocycles. The molecule has 2 amide bonds. The topological polar surface area (TPSA) is 82.4 Å². The van der Waals surface area contributed by atoms with Gasteiger partial charge in [-0.3, -0.25) is 9.59 Å². The lowest BCUT2D eigenvalue weighted by Crippen LogP contribution is -2.46. The summed E-state index contributed by atoms with van der Waals surface area (Å²) in [5.41, 5.74) is 1.94. The van der Waals surface area contributed by atoms with E-state index in [-0.39, 0.29) is 24.5 Å². The van der Waals surface area contributed by atoms with Crippen molar-refractivity contribution in [2.45, 2.75) is 6.10 Å². The van der Waals surface area contributed by atoms with Gasteiger partial charge >= 0.3 is 0 Å². The number of ether oxygens (including phenoxy) is 1. The lowest BCUT2D eigenvalue weighted by molar-refractivity contribution is -0.137. The molecule has 0 aromatic heterocycles. The van der Waals surface area contributed by atoms with Crippen LogP contribution in [-0.2, 0) is 9.53 Å². The minimum absolute atomic E-state index is 0.0691. The van der Waals surface area contributed by atoms with Gasteiger partial charge in [-0.15, -0.1) is 0 Å². The van der Waals surface area contributed by atoms with E-state index in [1.807, 2.05) is 36.4 Å². The number of carbonyl (C=O) groups excluding carboxylic acids is 2. The molecule has 132 valence electrons. The molecule has 1 aliphatic heterocycles. The fourth-order valence-corrected chi connectivity index (χ4v) is 2.81. The first-order valence-corrected chi connectivity index (χ1v) is 8.40. The van der Waals surface area contributed by atoms with Crippen LogP contribution in [0.15, 0.2) is 54.6 Å². The van der Waals surface area contributed by atoms with Crippen molar-refractivity contribution >= 4 is 11.8 Å². The number of morpholine rings is 1. The normalized spacial score (nSPS) is 16.6. The van der Waals surface area contributed by atoms with Gasteiger partial charge in [0.1, 0.15) is 6.10 Å². The second-order valence-corrected chi connectivity index (χ2v) is 5.98. The maximum atomic E-state index is 12.4. The first-order valence-electron chi connectivity index (χ1n) is 8.40. The quantitative estimate of drug-likeness (QED) is 0.914. The summed E-state index contributed by atoms with van der Waals surface area (Å²) in [4.78, 5) is 26.3. The highest BCUT2D eigenvalue weighted by Gasteiger charge is 2.25. The number of hydrogen-bond acceptors (Lipinski definition) is 4. The Balaban J connectivity index is 1.54. The Kier molecular flexibility index (Phi) is 5.62. The van der Waals surface area contributed by atoms with Gasteiger partial charge in [-0.1, -0.05) is 30.3 Å². The van der Waals surface area contributed by atoms with Gasteiger partial charge < -0.3 is 15.0 Å². The van der Waals surface area contributed by atoms with Crippen LogP contribution in [0.5, 0.6) is 0 Å². The van der Waals surface area contributed by atoms with E-state index in [4.69, 9.17) is 10.00 Å². The Morgan fingerprint density at radius 2 is 1.88 bits per heavy atom. The fraction of sp³-hybridized carbons (Fsp3) is 0.250. The van der Waals surface area contributed by atoms with E-state index < -0.39 is 0 Å². The first kappa shape index (κ1) is 17.6. The largest absolute Gasteiger partial charge is 0.370 e. The summed E-state index contributed by atoms with van der Waals surface area (Å²) >= 11 is 0. The van der Waals surface area contributed by atoms with Gasteiger partial charge in [0.15, 0.2) is 0 Å². The standard InChI is InChI=1S/C20H19N3O3/c21-12-15-6-8-17(9-7-15)20(25)22-13-19(24)23-10-11-26-18(14-23)16-4-2-1-3-5-16/h1-9,18H,10-11,13-14H2,(H,22,25). The number of nitrogens with zero attached hydrogens (tertiary/aromatic N) is 2. The van der Waals surface area contributed by atoms with Gasteiger partial charge in [0.05, 0.1) is 31.3 Å². The molecule has 2 aromatic carbocycles. The molecular formula is C20H19N3O3. The summed E-state index contributed by atoms with van der Waals surface area (Å²) in [6.45, 7) is 1.37. The van der Waals surface area contributed by atoms with Crippen LogP contribution in [0.1, 0.15) is 27.6 Å². The summed E-state index contributed by atoms with van der Waals surface area (Å²) in [5.74, 6) is -0.480. The van der Waals surface area contributed by atoms with Gasteiger partial charge in [-0.05, 0) is 29.8 Å². The summed E-state index contributed by atoms with van der Waals surface area (Å²) in [5, 5.41) is 11.4. The highest BCUT2D eigenvalue weighted by Crippen LogP contribution is 2.21. The zero-order valence-corrected chi connectivity index (χ0v) is 14.2. The molecule has 2 aromatic rings. The zero-order chi connectivity index (χ0) is 18.4. The minimum atomic E-state index is -0.337. The van der Waals surface area contributed by atoms with E-state index in [0.29, 0.717) is 30.8 Å². The maximum Gasteiger partial charge on any atom is 0.251 e. The van der Waals surface area contributed by atoms with E-state index in [2.05, 4.69) is 5.32 Å². The predicted molar refractivity (Wildman–Crippen MR) is 95.2 cm³/mol. The molecule has 1 atom stereocenters. The average Bonchev–Trinajstić information content (AvgIpc) is 2.72.